The summed E-state index contributed by atoms with van der Waals surface area (Å²) in [6.45, 7) is 3.65. The normalized spacial score (nSPS) is 37.8. The molecule has 0 atom stereocenters. The first kappa shape index (κ1) is 14.7. The van der Waals surface area contributed by atoms with Crippen molar-refractivity contribution in [2.75, 3.05) is 31.1 Å². The Morgan fingerprint density at radius 2 is 1.46 bits per heavy atom. The van der Waals surface area contributed by atoms with Gasteiger partial charge in [-0.15, -0.1) is 0 Å². The third-order valence-corrected chi connectivity index (χ3v) is 7.09. The maximum absolute atomic E-state index is 13.4. The Morgan fingerprint density at radius 1 is 0.917 bits per heavy atom. The molecule has 0 aromatic carbocycles. The SMILES string of the molecule is O=C(N1CCN(c2ccncc2)CC1)C12CC3CC(CC(C3)C1)C2. The van der Waals surface area contributed by atoms with Crippen LogP contribution in [0.1, 0.15) is 38.5 Å². The number of carbonyl (C=O) groups is 1. The van der Waals surface area contributed by atoms with Gasteiger partial charge < -0.3 is 9.80 Å². The third kappa shape index (κ3) is 2.34. The number of rotatable bonds is 2. The molecule has 6 rings (SSSR count). The molecule has 1 saturated heterocycles. The van der Waals surface area contributed by atoms with E-state index in [1.165, 1.54) is 44.2 Å². The third-order valence-electron chi connectivity index (χ3n) is 7.09. The summed E-state index contributed by atoms with van der Waals surface area (Å²) in [5, 5.41) is 0. The largest absolute Gasteiger partial charge is 0.368 e. The highest BCUT2D eigenvalue weighted by Crippen LogP contribution is 2.60. The summed E-state index contributed by atoms with van der Waals surface area (Å²) >= 11 is 0. The molecule has 4 aliphatic carbocycles. The zero-order chi connectivity index (χ0) is 16.1. The molecule has 4 heteroatoms. The van der Waals surface area contributed by atoms with Gasteiger partial charge >= 0.3 is 0 Å². The summed E-state index contributed by atoms with van der Waals surface area (Å²) in [7, 11) is 0. The topological polar surface area (TPSA) is 36.4 Å². The Morgan fingerprint density at radius 3 is 2.00 bits per heavy atom. The Bertz CT molecular complexity index is 586. The minimum Gasteiger partial charge on any atom is -0.368 e. The van der Waals surface area contributed by atoms with Gasteiger partial charge in [0.05, 0.1) is 5.41 Å². The van der Waals surface area contributed by atoms with Crippen molar-refractivity contribution in [1.29, 1.82) is 0 Å². The lowest BCUT2D eigenvalue weighted by atomic mass is 9.49. The van der Waals surface area contributed by atoms with Crippen LogP contribution in [0.2, 0.25) is 0 Å². The van der Waals surface area contributed by atoms with Crippen LogP contribution in [-0.4, -0.2) is 42.0 Å². The number of hydrogen-bond donors (Lipinski definition) is 0. The molecule has 4 bridgehead atoms. The van der Waals surface area contributed by atoms with Crippen LogP contribution < -0.4 is 4.90 Å². The fourth-order valence-electron chi connectivity index (χ4n) is 6.43. The predicted octanol–water partition coefficient (Wildman–Crippen LogP) is 2.95. The van der Waals surface area contributed by atoms with Crippen molar-refractivity contribution in [3.63, 3.8) is 0 Å². The van der Waals surface area contributed by atoms with E-state index in [2.05, 4.69) is 26.9 Å². The number of pyridine rings is 1. The maximum Gasteiger partial charge on any atom is 0.228 e. The van der Waals surface area contributed by atoms with Gasteiger partial charge in [0.25, 0.3) is 0 Å². The van der Waals surface area contributed by atoms with Crippen LogP contribution >= 0.6 is 0 Å². The van der Waals surface area contributed by atoms with E-state index < -0.39 is 0 Å². The zero-order valence-corrected chi connectivity index (χ0v) is 14.4. The molecule has 2 heterocycles. The summed E-state index contributed by atoms with van der Waals surface area (Å²) in [4.78, 5) is 22.1. The highest BCUT2D eigenvalue weighted by Gasteiger charge is 2.55. The molecule has 4 saturated carbocycles. The summed E-state index contributed by atoms with van der Waals surface area (Å²) in [5.41, 5.74) is 1.25. The van der Waals surface area contributed by atoms with Gasteiger partial charge in [0.1, 0.15) is 0 Å². The Labute approximate surface area is 144 Å². The fourth-order valence-corrected chi connectivity index (χ4v) is 6.43. The van der Waals surface area contributed by atoms with Crippen LogP contribution in [0.3, 0.4) is 0 Å². The number of hydrogen-bond acceptors (Lipinski definition) is 3. The van der Waals surface area contributed by atoms with Crippen molar-refractivity contribution < 1.29 is 4.79 Å². The molecule has 0 radical (unpaired) electrons. The van der Waals surface area contributed by atoms with Crippen LogP contribution in [0.5, 0.6) is 0 Å². The van der Waals surface area contributed by atoms with Gasteiger partial charge in [0.2, 0.25) is 5.91 Å². The zero-order valence-electron chi connectivity index (χ0n) is 14.4. The standard InChI is InChI=1S/C20H27N3O/c24-19(20-12-15-9-16(13-20)11-17(10-15)14-20)23-7-5-22(6-8-23)18-1-3-21-4-2-18/h1-4,15-17H,5-14H2. The van der Waals surface area contributed by atoms with Gasteiger partial charge in [-0.1, -0.05) is 0 Å². The second kappa shape index (κ2) is 5.47. The Kier molecular flexibility index (Phi) is 3.36. The molecule has 0 unspecified atom stereocenters. The Hall–Kier alpha value is -1.58. The average Bonchev–Trinajstić information content (AvgIpc) is 2.61. The van der Waals surface area contributed by atoms with E-state index in [0.29, 0.717) is 5.91 Å². The van der Waals surface area contributed by atoms with Crippen molar-refractivity contribution in [2.24, 2.45) is 23.2 Å². The van der Waals surface area contributed by atoms with E-state index in [0.717, 1.165) is 43.9 Å². The van der Waals surface area contributed by atoms with Crippen molar-refractivity contribution >= 4 is 11.6 Å². The molecular weight excluding hydrogens is 298 g/mol. The van der Waals surface area contributed by atoms with Gasteiger partial charge in [-0.25, -0.2) is 0 Å². The van der Waals surface area contributed by atoms with E-state index in [9.17, 15) is 4.79 Å². The van der Waals surface area contributed by atoms with Crippen molar-refractivity contribution in [1.82, 2.24) is 9.88 Å². The van der Waals surface area contributed by atoms with Crippen LogP contribution in [0.4, 0.5) is 5.69 Å². The van der Waals surface area contributed by atoms with E-state index in [1.54, 1.807) is 0 Å². The van der Waals surface area contributed by atoms with Crippen LogP contribution in [0.15, 0.2) is 24.5 Å². The lowest BCUT2D eigenvalue weighted by molar-refractivity contribution is -0.158. The van der Waals surface area contributed by atoms with Gasteiger partial charge in [-0.05, 0) is 68.4 Å². The first-order valence-corrected chi connectivity index (χ1v) is 9.66. The van der Waals surface area contributed by atoms with Gasteiger partial charge in [-0.2, -0.15) is 0 Å². The van der Waals surface area contributed by atoms with Crippen LogP contribution in [0.25, 0.3) is 0 Å². The first-order chi connectivity index (χ1) is 11.7. The second-order valence-corrected chi connectivity index (χ2v) is 8.68. The minimum absolute atomic E-state index is 0.0214. The van der Waals surface area contributed by atoms with Gasteiger partial charge in [-0.3, -0.25) is 9.78 Å². The summed E-state index contributed by atoms with van der Waals surface area (Å²) < 4.78 is 0. The number of nitrogens with zero attached hydrogens (tertiary/aromatic N) is 3. The smallest absolute Gasteiger partial charge is 0.228 e. The average molecular weight is 325 g/mol. The summed E-state index contributed by atoms with van der Waals surface area (Å²) in [6, 6.07) is 4.13. The Balaban J connectivity index is 1.28. The number of anilines is 1. The van der Waals surface area contributed by atoms with Crippen LogP contribution in [0, 0.1) is 23.2 Å². The fraction of sp³-hybridized carbons (Fsp3) is 0.700. The molecular formula is C20H27N3O. The quantitative estimate of drug-likeness (QED) is 0.839. The highest BCUT2D eigenvalue weighted by atomic mass is 16.2. The molecule has 1 aromatic rings. The molecule has 0 spiro atoms. The molecule has 5 aliphatic rings. The molecule has 1 aromatic heterocycles. The lowest BCUT2D eigenvalue weighted by Gasteiger charge is -2.57. The van der Waals surface area contributed by atoms with Gasteiger partial charge in [0.15, 0.2) is 0 Å². The van der Waals surface area contributed by atoms with Crippen molar-refractivity contribution in [3.8, 4) is 0 Å². The minimum atomic E-state index is 0.0214. The maximum atomic E-state index is 13.4. The second-order valence-electron chi connectivity index (χ2n) is 8.68. The van der Waals surface area contributed by atoms with E-state index in [-0.39, 0.29) is 5.41 Å². The van der Waals surface area contributed by atoms with Gasteiger partial charge in [0, 0.05) is 44.3 Å². The monoisotopic (exact) mass is 325 g/mol. The molecule has 1 aliphatic heterocycles. The molecule has 1 amide bonds. The highest BCUT2D eigenvalue weighted by molar-refractivity contribution is 5.83. The predicted molar refractivity (Wildman–Crippen MR) is 93.6 cm³/mol. The first-order valence-electron chi connectivity index (χ1n) is 9.66. The molecule has 4 nitrogen and oxygen atoms in total. The molecule has 0 N–H and O–H groups in total. The van der Waals surface area contributed by atoms with E-state index in [1.807, 2.05) is 12.4 Å². The lowest BCUT2D eigenvalue weighted by Crippen LogP contribution is -2.58. The number of aromatic nitrogens is 1. The number of carbonyl (C=O) groups excluding carboxylic acids is 1. The number of piperazine rings is 1. The van der Waals surface area contributed by atoms with Crippen molar-refractivity contribution in [3.05, 3.63) is 24.5 Å². The van der Waals surface area contributed by atoms with Crippen LogP contribution in [-0.2, 0) is 4.79 Å². The van der Waals surface area contributed by atoms with E-state index >= 15 is 0 Å². The molecule has 5 fully saturated rings. The summed E-state index contributed by atoms with van der Waals surface area (Å²) in [5.74, 6) is 3.03. The van der Waals surface area contributed by atoms with Crippen molar-refractivity contribution in [2.45, 2.75) is 38.5 Å². The van der Waals surface area contributed by atoms with E-state index in [4.69, 9.17) is 0 Å². The molecule has 128 valence electrons. The summed E-state index contributed by atoms with van der Waals surface area (Å²) in [6.07, 6.45) is 11.5. The number of amides is 1. The molecule has 24 heavy (non-hydrogen) atoms.